The molecule has 0 N–H and O–H groups in total. The van der Waals surface area contributed by atoms with E-state index in [-0.39, 0.29) is 0 Å². The highest BCUT2D eigenvalue weighted by Crippen LogP contribution is 2.47. The van der Waals surface area contributed by atoms with E-state index in [1.54, 1.807) is 0 Å². The van der Waals surface area contributed by atoms with E-state index >= 15 is 0 Å². The van der Waals surface area contributed by atoms with Crippen molar-refractivity contribution in [3.05, 3.63) is 158 Å². The van der Waals surface area contributed by atoms with Crippen molar-refractivity contribution in [2.45, 2.75) is 0 Å². The van der Waals surface area contributed by atoms with Crippen LogP contribution < -0.4 is 0 Å². The van der Waals surface area contributed by atoms with E-state index in [9.17, 15) is 0 Å². The molecule has 12 aromatic rings. The Morgan fingerprint density at radius 3 is 1.45 bits per heavy atom. The maximum Gasteiger partial charge on any atom is 0.136 e. The zero-order valence-corrected chi connectivity index (χ0v) is 28.9. The number of thiophene rings is 2. The van der Waals surface area contributed by atoms with Crippen LogP contribution in [0.2, 0.25) is 0 Å². The van der Waals surface area contributed by atoms with Crippen LogP contribution in [0.4, 0.5) is 0 Å². The quantitative estimate of drug-likeness (QED) is 0.165. The summed E-state index contributed by atoms with van der Waals surface area (Å²) in [6, 6.07) is 58.3. The Kier molecular flexibility index (Phi) is 5.59. The van der Waals surface area contributed by atoms with E-state index in [4.69, 9.17) is 4.42 Å². The first-order valence-corrected chi connectivity index (χ1v) is 19.0. The van der Waals surface area contributed by atoms with Crippen molar-refractivity contribution < 1.29 is 4.42 Å². The number of para-hydroxylation sites is 1. The predicted octanol–water partition coefficient (Wildman–Crippen LogP) is 15.1. The van der Waals surface area contributed by atoms with Crippen LogP contribution in [0, 0.1) is 0 Å². The highest BCUT2D eigenvalue weighted by atomic mass is 32.1. The molecule has 12 rings (SSSR count). The molecule has 0 fully saturated rings. The lowest BCUT2D eigenvalue weighted by atomic mass is 9.85. The standard InChI is InChI=1S/C48H26OS2/c1-3-13-36-34(11-1)47(35-12-2-4-14-37(35)48(36)28-17-19-32-31-9-5-7-15-41(31)49-42(32)24-28)27-18-20-44-39(21-27)40-23-29-22-38-33-10-6-8-16-43(33)50-45(38)25-30(29)26-46(40)51-44/h1-26H. The van der Waals surface area contributed by atoms with Crippen molar-refractivity contribution in [3.63, 3.8) is 0 Å². The lowest BCUT2D eigenvalue weighted by Gasteiger charge is -2.18. The van der Waals surface area contributed by atoms with Gasteiger partial charge in [-0.05, 0) is 115 Å². The maximum absolute atomic E-state index is 6.36. The number of furan rings is 1. The third-order valence-corrected chi connectivity index (χ3v) is 13.1. The summed E-state index contributed by atoms with van der Waals surface area (Å²) < 4.78 is 11.7. The monoisotopic (exact) mass is 682 g/mol. The van der Waals surface area contributed by atoms with Gasteiger partial charge in [-0.1, -0.05) is 97.1 Å². The van der Waals surface area contributed by atoms with Crippen LogP contribution in [-0.4, -0.2) is 0 Å². The Hall–Kier alpha value is -6.00. The molecular weight excluding hydrogens is 657 g/mol. The van der Waals surface area contributed by atoms with Gasteiger partial charge in [-0.2, -0.15) is 0 Å². The largest absolute Gasteiger partial charge is 0.456 e. The molecule has 0 aliphatic carbocycles. The molecular formula is C48H26OS2. The Balaban J connectivity index is 1.10. The minimum atomic E-state index is 0.918. The first-order chi connectivity index (χ1) is 25.2. The summed E-state index contributed by atoms with van der Waals surface area (Å²) in [6.07, 6.45) is 0. The van der Waals surface area contributed by atoms with Crippen LogP contribution in [-0.2, 0) is 0 Å². The van der Waals surface area contributed by atoms with Crippen LogP contribution in [0.1, 0.15) is 0 Å². The molecule has 3 heteroatoms. The van der Waals surface area contributed by atoms with Gasteiger partial charge in [0.2, 0.25) is 0 Å². The average molecular weight is 683 g/mol. The second-order valence-corrected chi connectivity index (χ2v) is 15.8. The normalized spacial score (nSPS) is 12.3. The minimum Gasteiger partial charge on any atom is -0.456 e. The van der Waals surface area contributed by atoms with E-state index in [2.05, 4.69) is 152 Å². The molecule has 0 aliphatic rings. The van der Waals surface area contributed by atoms with E-state index in [0.717, 1.165) is 21.9 Å². The van der Waals surface area contributed by atoms with Crippen LogP contribution in [0.3, 0.4) is 0 Å². The third kappa shape index (κ3) is 3.96. The van der Waals surface area contributed by atoms with Crippen molar-refractivity contribution in [2.24, 2.45) is 0 Å². The highest BCUT2D eigenvalue weighted by molar-refractivity contribution is 7.26. The van der Waals surface area contributed by atoms with Gasteiger partial charge in [0.15, 0.2) is 0 Å². The third-order valence-electron chi connectivity index (χ3n) is 10.8. The molecule has 0 unspecified atom stereocenters. The number of fused-ring (bicyclic) bond motifs is 12. The van der Waals surface area contributed by atoms with E-state index in [1.807, 2.05) is 28.7 Å². The summed E-state index contributed by atoms with van der Waals surface area (Å²) in [7, 11) is 0. The van der Waals surface area contributed by atoms with E-state index < -0.39 is 0 Å². The number of rotatable bonds is 2. The van der Waals surface area contributed by atoms with Gasteiger partial charge in [0.05, 0.1) is 0 Å². The fraction of sp³-hybridized carbons (Fsp3) is 0. The maximum atomic E-state index is 6.36. The molecule has 0 saturated heterocycles. The van der Waals surface area contributed by atoms with Gasteiger partial charge >= 0.3 is 0 Å². The molecule has 3 heterocycles. The molecule has 0 amide bonds. The zero-order valence-electron chi connectivity index (χ0n) is 27.2. The Labute approximate surface area is 300 Å². The molecule has 0 bridgehead atoms. The Bertz CT molecular complexity index is 3370. The summed E-state index contributed by atoms with van der Waals surface area (Å²) in [4.78, 5) is 0. The molecule has 0 aliphatic heterocycles. The van der Waals surface area contributed by atoms with Gasteiger partial charge in [-0.15, -0.1) is 22.7 Å². The average Bonchev–Trinajstić information content (AvgIpc) is 3.85. The van der Waals surface area contributed by atoms with Crippen molar-refractivity contribution in [3.8, 4) is 22.3 Å². The molecule has 0 saturated carbocycles. The van der Waals surface area contributed by atoms with Crippen LogP contribution in [0.15, 0.2) is 162 Å². The second-order valence-electron chi connectivity index (χ2n) is 13.6. The Morgan fingerprint density at radius 1 is 0.294 bits per heavy atom. The van der Waals surface area contributed by atoms with E-state index in [1.165, 1.54) is 94.9 Å². The summed E-state index contributed by atoms with van der Waals surface area (Å²) in [6.45, 7) is 0. The second kappa shape index (κ2) is 10.3. The summed E-state index contributed by atoms with van der Waals surface area (Å²) in [5.74, 6) is 0. The predicted molar refractivity (Wildman–Crippen MR) is 223 cm³/mol. The number of hydrogen-bond donors (Lipinski definition) is 0. The molecule has 51 heavy (non-hydrogen) atoms. The molecule has 3 aromatic heterocycles. The molecule has 236 valence electrons. The summed E-state index contributed by atoms with van der Waals surface area (Å²) in [5.41, 5.74) is 6.78. The SMILES string of the molecule is c1ccc2c(c1)oc1cc(-c3c4ccccc4c(-c4ccc5sc6cc7cc8sc9ccccc9c8cc7cc6c5c4)c4ccccc34)ccc12. The lowest BCUT2D eigenvalue weighted by Crippen LogP contribution is -1.90. The van der Waals surface area contributed by atoms with Crippen molar-refractivity contribution in [2.75, 3.05) is 0 Å². The number of benzene rings is 9. The molecule has 9 aromatic carbocycles. The summed E-state index contributed by atoms with van der Waals surface area (Å²) >= 11 is 3.78. The van der Waals surface area contributed by atoms with Crippen LogP contribution in [0.5, 0.6) is 0 Å². The fourth-order valence-corrected chi connectivity index (χ4v) is 10.8. The lowest BCUT2D eigenvalue weighted by molar-refractivity contribution is 0.669. The smallest absolute Gasteiger partial charge is 0.136 e. The van der Waals surface area contributed by atoms with Gasteiger partial charge in [-0.25, -0.2) is 0 Å². The van der Waals surface area contributed by atoms with E-state index in [0.29, 0.717) is 0 Å². The summed E-state index contributed by atoms with van der Waals surface area (Å²) in [5, 5.41) is 15.2. The first kappa shape index (κ1) is 27.8. The van der Waals surface area contributed by atoms with Gasteiger partial charge in [0.1, 0.15) is 11.2 Å². The van der Waals surface area contributed by atoms with Crippen molar-refractivity contribution in [1.82, 2.24) is 0 Å². The fourth-order valence-electron chi connectivity index (χ4n) is 8.53. The topological polar surface area (TPSA) is 13.1 Å². The molecule has 0 spiro atoms. The van der Waals surface area contributed by atoms with Gasteiger partial charge in [0, 0.05) is 51.1 Å². The highest BCUT2D eigenvalue weighted by Gasteiger charge is 2.19. The van der Waals surface area contributed by atoms with Crippen LogP contribution >= 0.6 is 22.7 Å². The molecule has 1 nitrogen and oxygen atoms in total. The van der Waals surface area contributed by atoms with Gasteiger partial charge < -0.3 is 4.42 Å². The first-order valence-electron chi connectivity index (χ1n) is 17.3. The zero-order chi connectivity index (χ0) is 33.2. The minimum absolute atomic E-state index is 0.918. The molecule has 0 radical (unpaired) electrons. The van der Waals surface area contributed by atoms with Gasteiger partial charge in [-0.3, -0.25) is 0 Å². The Morgan fingerprint density at radius 2 is 0.765 bits per heavy atom. The van der Waals surface area contributed by atoms with Crippen molar-refractivity contribution in [1.29, 1.82) is 0 Å². The van der Waals surface area contributed by atoms with Gasteiger partial charge in [0.25, 0.3) is 0 Å². The van der Waals surface area contributed by atoms with Crippen molar-refractivity contribution >= 4 is 117 Å². The number of hydrogen-bond acceptors (Lipinski definition) is 3. The molecule has 0 atom stereocenters. The van der Waals surface area contributed by atoms with Crippen LogP contribution in [0.25, 0.3) is 117 Å².